The van der Waals surface area contributed by atoms with E-state index in [4.69, 9.17) is 14.2 Å². The Bertz CT molecular complexity index is 1560. The minimum absolute atomic E-state index is 0.0102. The largest absolute Gasteiger partial charge is 0.464 e. The van der Waals surface area contributed by atoms with Gasteiger partial charge in [0, 0.05) is 42.0 Å². The van der Waals surface area contributed by atoms with Crippen molar-refractivity contribution in [3.8, 4) is 11.1 Å². The van der Waals surface area contributed by atoms with E-state index in [-0.39, 0.29) is 41.7 Å². The van der Waals surface area contributed by atoms with Gasteiger partial charge in [-0.25, -0.2) is 14.2 Å². The third-order valence-electron chi connectivity index (χ3n) is 9.92. The summed E-state index contributed by atoms with van der Waals surface area (Å²) in [5.74, 6) is -1.38. The van der Waals surface area contributed by atoms with Crippen molar-refractivity contribution in [1.82, 2.24) is 14.5 Å². The smallest absolute Gasteiger partial charge is 0.335 e. The van der Waals surface area contributed by atoms with Crippen LogP contribution in [0.4, 0.5) is 4.39 Å². The fraction of sp³-hybridized carbons (Fsp3) is 0.500. The van der Waals surface area contributed by atoms with Crippen molar-refractivity contribution >= 4 is 11.9 Å². The lowest BCUT2D eigenvalue weighted by Gasteiger charge is -2.72. The number of benzene rings is 2. The number of amides is 1. The predicted molar refractivity (Wildman–Crippen MR) is 157 cm³/mol. The molecule has 3 saturated carbocycles. The molecular weight excluding hydrogens is 549 g/mol. The van der Waals surface area contributed by atoms with E-state index >= 15 is 4.39 Å². The van der Waals surface area contributed by atoms with E-state index in [2.05, 4.69) is 17.1 Å². The van der Waals surface area contributed by atoms with Crippen LogP contribution in [-0.2, 0) is 43.9 Å². The SMILES string of the molecule is CCOC(=O)[C@@H](c1ncn2c1CCC2)N1Cc2c(F)cc(-c3ccc(C45CC(C(OCC)OCC)(C4)C5)cc3)cc2C1=O. The van der Waals surface area contributed by atoms with Crippen molar-refractivity contribution in [2.24, 2.45) is 5.41 Å². The number of fused-ring (bicyclic) bond motifs is 2. The summed E-state index contributed by atoms with van der Waals surface area (Å²) in [5.41, 5.74) is 5.05. The summed E-state index contributed by atoms with van der Waals surface area (Å²) >= 11 is 0. The summed E-state index contributed by atoms with van der Waals surface area (Å²) in [6.07, 6.45) is 6.43. The number of aryl methyl sites for hydroxylation is 1. The molecule has 0 spiro atoms. The Kier molecular flexibility index (Phi) is 6.93. The zero-order valence-electron chi connectivity index (χ0n) is 25.0. The van der Waals surface area contributed by atoms with Gasteiger partial charge in [-0.15, -0.1) is 0 Å². The number of carbonyl (C=O) groups is 2. The molecule has 1 atom stereocenters. The molecule has 8 nitrogen and oxygen atoms in total. The van der Waals surface area contributed by atoms with Gasteiger partial charge in [0.15, 0.2) is 12.3 Å². The molecule has 0 unspecified atom stereocenters. The van der Waals surface area contributed by atoms with Gasteiger partial charge < -0.3 is 23.7 Å². The maximum Gasteiger partial charge on any atom is 0.335 e. The zero-order chi connectivity index (χ0) is 29.9. The standard InChI is InChI=1S/C34H38FN3O5/c1-4-41-31(40)29(28-27-8-7-13-37(27)20-36-28)38-16-25-24(30(38)39)14-22(15-26(25)35)21-9-11-23(12-10-21)33-17-34(18-33,19-33)32(42-5-2)43-6-3/h9-12,14-15,20,29,32H,4-8,13,16-19H2,1-3H3/t29-,33?,34?/m1/s1. The molecule has 3 fully saturated rings. The van der Waals surface area contributed by atoms with Crippen LogP contribution >= 0.6 is 0 Å². The lowest BCUT2D eigenvalue weighted by atomic mass is 9.33. The number of nitrogens with zero attached hydrogens (tertiary/aromatic N) is 3. The van der Waals surface area contributed by atoms with E-state index in [9.17, 15) is 9.59 Å². The number of esters is 1. The number of halogens is 1. The van der Waals surface area contributed by atoms with Crippen LogP contribution < -0.4 is 0 Å². The molecule has 0 saturated heterocycles. The molecule has 43 heavy (non-hydrogen) atoms. The molecule has 5 aliphatic rings. The van der Waals surface area contributed by atoms with Crippen molar-refractivity contribution in [2.45, 2.75) is 83.7 Å². The summed E-state index contributed by atoms with van der Waals surface area (Å²) in [6, 6.07) is 10.5. The Morgan fingerprint density at radius 1 is 1.02 bits per heavy atom. The van der Waals surface area contributed by atoms with Gasteiger partial charge in [0.25, 0.3) is 5.91 Å². The molecule has 226 valence electrons. The lowest BCUT2D eigenvalue weighted by Crippen LogP contribution is -2.70. The number of ether oxygens (including phenoxy) is 3. The summed E-state index contributed by atoms with van der Waals surface area (Å²) < 4.78 is 34.8. The number of rotatable bonds is 11. The fourth-order valence-electron chi connectivity index (χ4n) is 8.04. The predicted octanol–water partition coefficient (Wildman–Crippen LogP) is 5.72. The second kappa shape index (κ2) is 10.6. The summed E-state index contributed by atoms with van der Waals surface area (Å²) in [4.78, 5) is 32.9. The monoisotopic (exact) mass is 587 g/mol. The average molecular weight is 588 g/mol. The molecule has 1 aromatic heterocycles. The zero-order valence-corrected chi connectivity index (χ0v) is 25.0. The highest BCUT2D eigenvalue weighted by Gasteiger charge is 2.71. The highest BCUT2D eigenvalue weighted by atomic mass is 19.1. The van der Waals surface area contributed by atoms with Gasteiger partial charge >= 0.3 is 5.97 Å². The van der Waals surface area contributed by atoms with Crippen LogP contribution in [0.3, 0.4) is 0 Å². The van der Waals surface area contributed by atoms with Crippen molar-refractivity contribution in [3.05, 3.63) is 76.6 Å². The van der Waals surface area contributed by atoms with Crippen LogP contribution in [0.15, 0.2) is 42.7 Å². The van der Waals surface area contributed by atoms with Gasteiger partial charge in [-0.05, 0) is 87.1 Å². The molecule has 3 aliphatic carbocycles. The first-order valence-electron chi connectivity index (χ1n) is 15.5. The van der Waals surface area contributed by atoms with Gasteiger partial charge in [-0.1, -0.05) is 24.3 Å². The third-order valence-corrected chi connectivity index (χ3v) is 9.92. The van der Waals surface area contributed by atoms with Crippen LogP contribution in [0.5, 0.6) is 0 Å². The van der Waals surface area contributed by atoms with Crippen molar-refractivity contribution in [3.63, 3.8) is 0 Å². The Morgan fingerprint density at radius 3 is 2.42 bits per heavy atom. The topological polar surface area (TPSA) is 82.9 Å². The van der Waals surface area contributed by atoms with Crippen molar-refractivity contribution in [1.29, 1.82) is 0 Å². The lowest BCUT2D eigenvalue weighted by molar-refractivity contribution is -0.306. The molecule has 1 amide bonds. The molecule has 3 aromatic rings. The van der Waals surface area contributed by atoms with E-state index in [0.717, 1.165) is 49.9 Å². The van der Waals surface area contributed by atoms with E-state index in [1.54, 1.807) is 19.3 Å². The van der Waals surface area contributed by atoms with Crippen LogP contribution in [0.1, 0.15) is 85.4 Å². The minimum atomic E-state index is -1.02. The first-order chi connectivity index (χ1) is 20.8. The van der Waals surface area contributed by atoms with Crippen LogP contribution in [0, 0.1) is 11.2 Å². The molecule has 2 aliphatic heterocycles. The number of aromatic nitrogens is 2. The van der Waals surface area contributed by atoms with Gasteiger partial charge in [0.2, 0.25) is 0 Å². The molecular formula is C34H38FN3O5. The molecule has 2 bridgehead atoms. The normalized spacial score (nSPS) is 24.0. The Hall–Kier alpha value is -3.56. The summed E-state index contributed by atoms with van der Waals surface area (Å²) in [6.45, 7) is 8.01. The number of imidazole rings is 1. The van der Waals surface area contributed by atoms with Gasteiger partial charge in [0.1, 0.15) is 5.82 Å². The first-order valence-corrected chi connectivity index (χ1v) is 15.5. The van der Waals surface area contributed by atoms with Gasteiger partial charge in [0.05, 0.1) is 25.2 Å². The van der Waals surface area contributed by atoms with Crippen LogP contribution in [0.2, 0.25) is 0 Å². The second-order valence-electron chi connectivity index (χ2n) is 12.4. The van der Waals surface area contributed by atoms with Crippen LogP contribution in [-0.4, -0.2) is 52.4 Å². The number of hydrogen-bond donors (Lipinski definition) is 0. The van der Waals surface area contributed by atoms with Crippen molar-refractivity contribution < 1.29 is 28.2 Å². The molecule has 2 aromatic carbocycles. The molecule has 3 heterocycles. The van der Waals surface area contributed by atoms with Crippen molar-refractivity contribution in [2.75, 3.05) is 19.8 Å². The molecule has 0 N–H and O–H groups in total. The molecule has 9 heteroatoms. The molecule has 8 rings (SSSR count). The number of hydrogen-bond acceptors (Lipinski definition) is 6. The number of carbonyl (C=O) groups excluding carboxylic acids is 2. The highest BCUT2D eigenvalue weighted by Crippen LogP contribution is 2.75. The van der Waals surface area contributed by atoms with E-state index in [0.29, 0.717) is 30.0 Å². The Morgan fingerprint density at radius 2 is 1.74 bits per heavy atom. The van der Waals surface area contributed by atoms with E-state index in [1.165, 1.54) is 16.5 Å². The van der Waals surface area contributed by atoms with E-state index < -0.39 is 17.8 Å². The Labute approximate surface area is 251 Å². The van der Waals surface area contributed by atoms with Gasteiger partial charge in [-0.3, -0.25) is 4.79 Å². The fourth-order valence-corrected chi connectivity index (χ4v) is 8.04. The quantitative estimate of drug-likeness (QED) is 0.211. The maximum atomic E-state index is 15.6. The molecule has 0 radical (unpaired) electrons. The summed E-state index contributed by atoms with van der Waals surface area (Å²) in [5, 5.41) is 0. The maximum absolute atomic E-state index is 15.6. The first kappa shape index (κ1) is 28.2. The second-order valence-corrected chi connectivity index (χ2v) is 12.4. The third kappa shape index (κ3) is 4.34. The average Bonchev–Trinajstić information content (AvgIpc) is 3.65. The van der Waals surface area contributed by atoms with Crippen LogP contribution in [0.25, 0.3) is 11.1 Å². The highest BCUT2D eigenvalue weighted by molar-refractivity contribution is 6.02. The van der Waals surface area contributed by atoms with Gasteiger partial charge in [-0.2, -0.15) is 0 Å². The summed E-state index contributed by atoms with van der Waals surface area (Å²) in [7, 11) is 0. The van der Waals surface area contributed by atoms with E-state index in [1.807, 2.05) is 30.5 Å². The minimum Gasteiger partial charge on any atom is -0.464 e. The Balaban J connectivity index is 1.12.